The minimum absolute atomic E-state index is 0.291. The fraction of sp³-hybridized carbons (Fsp3) is 0.364. The summed E-state index contributed by atoms with van der Waals surface area (Å²) < 4.78 is 18.2. The van der Waals surface area contributed by atoms with Crippen LogP contribution in [0.4, 0.5) is 4.39 Å². The number of carbonyl (C=O) groups is 1. The number of esters is 1. The SMILES string of the molecule is CCOC(=O)c1cc(F)c(CBr)cc1C. The number of rotatable bonds is 3. The number of ether oxygens (including phenoxy) is 1. The van der Waals surface area contributed by atoms with E-state index in [9.17, 15) is 9.18 Å². The Balaban J connectivity index is 3.10. The smallest absolute Gasteiger partial charge is 0.338 e. The molecule has 0 saturated heterocycles. The molecule has 0 unspecified atom stereocenters. The van der Waals surface area contributed by atoms with Crippen molar-refractivity contribution in [1.82, 2.24) is 0 Å². The quantitative estimate of drug-likeness (QED) is 0.625. The second-order valence-electron chi connectivity index (χ2n) is 3.11. The normalized spacial score (nSPS) is 10.1. The van der Waals surface area contributed by atoms with Crippen molar-refractivity contribution in [1.29, 1.82) is 0 Å². The van der Waals surface area contributed by atoms with Crippen molar-refractivity contribution in [2.45, 2.75) is 19.2 Å². The molecule has 0 N–H and O–H groups in total. The van der Waals surface area contributed by atoms with Crippen molar-refractivity contribution >= 4 is 21.9 Å². The summed E-state index contributed by atoms with van der Waals surface area (Å²) in [6.07, 6.45) is 0. The average Bonchev–Trinajstić information content (AvgIpc) is 2.21. The number of carbonyl (C=O) groups excluding carboxylic acids is 1. The lowest BCUT2D eigenvalue weighted by atomic mass is 10.1. The van der Waals surface area contributed by atoms with Crippen LogP contribution in [-0.2, 0) is 10.1 Å². The first-order valence-corrected chi connectivity index (χ1v) is 5.74. The predicted molar refractivity (Wildman–Crippen MR) is 59.7 cm³/mol. The Morgan fingerprint density at radius 1 is 1.53 bits per heavy atom. The first kappa shape index (κ1) is 12.2. The molecular formula is C11H12BrFO2. The number of hydrogen-bond donors (Lipinski definition) is 0. The molecular weight excluding hydrogens is 263 g/mol. The van der Waals surface area contributed by atoms with Gasteiger partial charge in [-0.1, -0.05) is 22.0 Å². The van der Waals surface area contributed by atoms with E-state index in [4.69, 9.17) is 4.74 Å². The van der Waals surface area contributed by atoms with E-state index in [1.54, 1.807) is 19.9 Å². The molecule has 4 heteroatoms. The van der Waals surface area contributed by atoms with E-state index in [-0.39, 0.29) is 5.82 Å². The van der Waals surface area contributed by atoms with Crippen molar-refractivity contribution in [2.75, 3.05) is 6.61 Å². The van der Waals surface area contributed by atoms with E-state index in [0.717, 1.165) is 5.56 Å². The van der Waals surface area contributed by atoms with Crippen LogP contribution in [0.2, 0.25) is 0 Å². The fourth-order valence-electron chi connectivity index (χ4n) is 1.27. The van der Waals surface area contributed by atoms with E-state index >= 15 is 0 Å². The van der Waals surface area contributed by atoms with E-state index in [1.165, 1.54) is 6.07 Å². The number of aryl methyl sites for hydroxylation is 1. The van der Waals surface area contributed by atoms with Crippen LogP contribution in [0.3, 0.4) is 0 Å². The molecule has 0 fully saturated rings. The number of benzene rings is 1. The molecule has 1 aromatic rings. The molecule has 0 bridgehead atoms. The molecule has 0 atom stereocenters. The van der Waals surface area contributed by atoms with Crippen molar-refractivity contribution in [3.05, 3.63) is 34.6 Å². The molecule has 1 aromatic carbocycles. The minimum atomic E-state index is -0.477. The molecule has 0 aliphatic rings. The van der Waals surface area contributed by atoms with Crippen LogP contribution in [0.1, 0.15) is 28.4 Å². The lowest BCUT2D eigenvalue weighted by molar-refractivity contribution is 0.0525. The van der Waals surface area contributed by atoms with Crippen molar-refractivity contribution in [2.24, 2.45) is 0 Å². The summed E-state index contributed by atoms with van der Waals surface area (Å²) in [5, 5.41) is 0.433. The molecule has 0 aliphatic heterocycles. The third-order valence-corrected chi connectivity index (χ3v) is 2.64. The molecule has 0 amide bonds. The Labute approximate surface area is 96.6 Å². The highest BCUT2D eigenvalue weighted by Gasteiger charge is 2.13. The number of hydrogen-bond acceptors (Lipinski definition) is 2. The largest absolute Gasteiger partial charge is 0.462 e. The van der Waals surface area contributed by atoms with Gasteiger partial charge in [0.2, 0.25) is 0 Å². The monoisotopic (exact) mass is 274 g/mol. The Morgan fingerprint density at radius 3 is 2.73 bits per heavy atom. The van der Waals surface area contributed by atoms with Gasteiger partial charge in [-0.2, -0.15) is 0 Å². The van der Waals surface area contributed by atoms with Gasteiger partial charge in [-0.3, -0.25) is 0 Å². The summed E-state index contributed by atoms with van der Waals surface area (Å²) in [5.74, 6) is -0.865. The molecule has 0 spiro atoms. The van der Waals surface area contributed by atoms with Gasteiger partial charge in [0.25, 0.3) is 0 Å². The topological polar surface area (TPSA) is 26.3 Å². The van der Waals surface area contributed by atoms with Gasteiger partial charge in [0.1, 0.15) is 5.82 Å². The van der Waals surface area contributed by atoms with Gasteiger partial charge in [-0.15, -0.1) is 0 Å². The summed E-state index contributed by atoms with van der Waals surface area (Å²) in [6.45, 7) is 3.77. The van der Waals surface area contributed by atoms with Gasteiger partial charge in [0, 0.05) is 5.33 Å². The number of alkyl halides is 1. The average molecular weight is 275 g/mol. The first-order chi connectivity index (χ1) is 7.10. The van der Waals surface area contributed by atoms with E-state index < -0.39 is 5.97 Å². The molecule has 0 aliphatic carbocycles. The maximum Gasteiger partial charge on any atom is 0.338 e. The van der Waals surface area contributed by atoms with Crippen LogP contribution in [0.5, 0.6) is 0 Å². The highest BCUT2D eigenvalue weighted by molar-refractivity contribution is 9.08. The first-order valence-electron chi connectivity index (χ1n) is 4.62. The maximum absolute atomic E-state index is 13.4. The van der Waals surface area contributed by atoms with Gasteiger partial charge < -0.3 is 4.74 Å². The Kier molecular flexibility index (Phi) is 4.27. The standard InChI is InChI=1S/C11H12BrFO2/c1-3-15-11(14)9-5-10(13)8(6-12)4-7(9)2/h4-5H,3,6H2,1-2H3. The second-order valence-corrected chi connectivity index (χ2v) is 3.67. The van der Waals surface area contributed by atoms with Crippen LogP contribution in [-0.4, -0.2) is 12.6 Å². The molecule has 0 saturated carbocycles. The summed E-state index contributed by atoms with van der Waals surface area (Å²) in [5.41, 5.74) is 1.56. The summed E-state index contributed by atoms with van der Waals surface area (Å²) in [6, 6.07) is 2.88. The minimum Gasteiger partial charge on any atom is -0.462 e. The Bertz CT molecular complexity index is 377. The highest BCUT2D eigenvalue weighted by Crippen LogP contribution is 2.18. The lowest BCUT2D eigenvalue weighted by Crippen LogP contribution is -2.08. The maximum atomic E-state index is 13.4. The highest BCUT2D eigenvalue weighted by atomic mass is 79.9. The van der Waals surface area contributed by atoms with Crippen LogP contribution < -0.4 is 0 Å². The van der Waals surface area contributed by atoms with Gasteiger partial charge in [0.15, 0.2) is 0 Å². The molecule has 1 rings (SSSR count). The zero-order chi connectivity index (χ0) is 11.4. The van der Waals surface area contributed by atoms with Crippen LogP contribution in [0.25, 0.3) is 0 Å². The lowest BCUT2D eigenvalue weighted by Gasteiger charge is -2.07. The molecule has 0 radical (unpaired) electrons. The molecule has 0 aromatic heterocycles. The predicted octanol–water partition coefficient (Wildman–Crippen LogP) is 3.21. The van der Waals surface area contributed by atoms with Crippen molar-refractivity contribution < 1.29 is 13.9 Å². The van der Waals surface area contributed by atoms with E-state index in [0.29, 0.717) is 23.1 Å². The second kappa shape index (κ2) is 5.26. The third-order valence-electron chi connectivity index (χ3n) is 2.03. The zero-order valence-corrected chi connectivity index (χ0v) is 10.2. The van der Waals surface area contributed by atoms with Crippen LogP contribution in [0.15, 0.2) is 12.1 Å². The van der Waals surface area contributed by atoms with Gasteiger partial charge in [-0.25, -0.2) is 9.18 Å². The number of halogens is 2. The van der Waals surface area contributed by atoms with E-state index in [1.807, 2.05) is 0 Å². The molecule has 2 nitrogen and oxygen atoms in total. The third kappa shape index (κ3) is 2.78. The van der Waals surface area contributed by atoms with Crippen molar-refractivity contribution in [3.8, 4) is 0 Å². The summed E-state index contributed by atoms with van der Waals surface area (Å²) in [7, 11) is 0. The van der Waals surface area contributed by atoms with Crippen molar-refractivity contribution in [3.63, 3.8) is 0 Å². The molecule has 82 valence electrons. The van der Waals surface area contributed by atoms with Gasteiger partial charge in [0.05, 0.1) is 12.2 Å². The summed E-state index contributed by atoms with van der Waals surface area (Å²) >= 11 is 3.18. The van der Waals surface area contributed by atoms with E-state index in [2.05, 4.69) is 15.9 Å². The van der Waals surface area contributed by atoms with Gasteiger partial charge in [-0.05, 0) is 31.0 Å². The Hall–Kier alpha value is -0.900. The zero-order valence-electron chi connectivity index (χ0n) is 8.64. The van der Waals surface area contributed by atoms with Crippen LogP contribution >= 0.6 is 15.9 Å². The summed E-state index contributed by atoms with van der Waals surface area (Å²) in [4.78, 5) is 11.4. The van der Waals surface area contributed by atoms with Gasteiger partial charge >= 0.3 is 5.97 Å². The molecule has 15 heavy (non-hydrogen) atoms. The molecule has 0 heterocycles. The fourth-order valence-corrected chi connectivity index (χ4v) is 1.70. The Morgan fingerprint density at radius 2 is 2.20 bits per heavy atom. The van der Waals surface area contributed by atoms with Crippen LogP contribution in [0, 0.1) is 12.7 Å².